The molecular formula is C8H12N3O4+. The number of hydrogen-bond donors (Lipinski definition) is 0. The number of hydrogen-bond acceptors (Lipinski definition) is 5. The third-order valence-corrected chi connectivity index (χ3v) is 1.72. The van der Waals surface area contributed by atoms with Crippen LogP contribution in [-0.4, -0.2) is 35.9 Å². The maximum atomic E-state index is 11.2. The van der Waals surface area contributed by atoms with E-state index in [-0.39, 0.29) is 6.54 Å². The van der Waals surface area contributed by atoms with Crippen molar-refractivity contribution in [1.29, 1.82) is 0 Å². The number of ketones is 1. The first-order valence-electron chi connectivity index (χ1n) is 4.23. The Labute approximate surface area is 86.1 Å². The second-order valence-corrected chi connectivity index (χ2v) is 2.98. The van der Waals surface area contributed by atoms with Gasteiger partial charge in [0.2, 0.25) is 12.0 Å². The molecule has 0 radical (unpaired) electrons. The van der Waals surface area contributed by atoms with Crippen LogP contribution in [0.15, 0.2) is 10.8 Å². The van der Waals surface area contributed by atoms with Gasteiger partial charge in [0.15, 0.2) is 5.16 Å². The number of likely N-dealkylation sites (N-methyl/N-ethyl adjacent to an activating group) is 1. The summed E-state index contributed by atoms with van der Waals surface area (Å²) in [5.41, 5.74) is 0.494. The van der Waals surface area contributed by atoms with Gasteiger partial charge in [-0.15, -0.1) is 0 Å². The standard InChI is InChI=1S/C8H12N3O4/c1-6(12)8(13)10(2)4-7-5-11(14-3)15-9-7/h5H,4H2,1-3H3/q+1. The van der Waals surface area contributed by atoms with Crippen LogP contribution < -0.4 is 9.74 Å². The van der Waals surface area contributed by atoms with Crippen molar-refractivity contribution in [2.24, 2.45) is 0 Å². The maximum absolute atomic E-state index is 11.2. The Balaban J connectivity index is 2.61. The Kier molecular flexibility index (Phi) is 3.37. The normalized spacial score (nSPS) is 9.80. The summed E-state index contributed by atoms with van der Waals surface area (Å²) in [7, 11) is 2.93. The highest BCUT2D eigenvalue weighted by Crippen LogP contribution is 1.97. The molecule has 1 heterocycles. The lowest BCUT2D eigenvalue weighted by Crippen LogP contribution is -2.37. The average Bonchev–Trinajstić information content (AvgIpc) is 2.64. The molecule has 1 aromatic rings. The minimum atomic E-state index is -0.568. The molecule has 0 aliphatic rings. The first-order chi connectivity index (χ1) is 7.04. The predicted octanol–water partition coefficient (Wildman–Crippen LogP) is -1.43. The summed E-state index contributed by atoms with van der Waals surface area (Å²) in [6.07, 6.45) is 1.48. The number of carbonyl (C=O) groups is 2. The van der Waals surface area contributed by atoms with E-state index in [9.17, 15) is 9.59 Å². The fraction of sp³-hybridized carbons (Fsp3) is 0.500. The van der Waals surface area contributed by atoms with Crippen LogP contribution in [0.5, 0.6) is 0 Å². The third-order valence-electron chi connectivity index (χ3n) is 1.72. The number of amides is 1. The molecule has 0 fully saturated rings. The van der Waals surface area contributed by atoms with Crippen LogP contribution in [-0.2, 0) is 16.1 Å². The quantitative estimate of drug-likeness (QED) is 0.574. The molecule has 0 aromatic carbocycles. The lowest BCUT2D eigenvalue weighted by Gasteiger charge is -2.10. The number of carbonyl (C=O) groups excluding carboxylic acids is 2. The maximum Gasteiger partial charge on any atom is 0.289 e. The summed E-state index contributed by atoms with van der Waals surface area (Å²) < 4.78 is 4.68. The molecule has 7 nitrogen and oxygen atoms in total. The Bertz CT molecular complexity index is 374. The van der Waals surface area contributed by atoms with E-state index >= 15 is 0 Å². The van der Waals surface area contributed by atoms with E-state index in [1.54, 1.807) is 0 Å². The van der Waals surface area contributed by atoms with Crippen molar-refractivity contribution in [3.8, 4) is 0 Å². The van der Waals surface area contributed by atoms with Crippen molar-refractivity contribution in [2.75, 3.05) is 14.2 Å². The van der Waals surface area contributed by atoms with E-state index in [1.165, 1.54) is 32.2 Å². The van der Waals surface area contributed by atoms with E-state index in [2.05, 4.69) is 9.79 Å². The van der Waals surface area contributed by atoms with Gasteiger partial charge in [0.1, 0.15) is 12.0 Å². The van der Waals surface area contributed by atoms with Crippen LogP contribution >= 0.6 is 0 Å². The molecule has 0 atom stereocenters. The topological polar surface area (TPSA) is 76.5 Å². The minimum Gasteiger partial charge on any atom is -0.331 e. The van der Waals surface area contributed by atoms with Gasteiger partial charge >= 0.3 is 0 Å². The Hall–Kier alpha value is -1.92. The highest BCUT2D eigenvalue weighted by Gasteiger charge is 2.20. The molecule has 82 valence electrons. The van der Waals surface area contributed by atoms with Gasteiger partial charge < -0.3 is 9.74 Å². The van der Waals surface area contributed by atoms with Gasteiger partial charge in [-0.1, -0.05) is 0 Å². The molecular weight excluding hydrogens is 202 g/mol. The largest absolute Gasteiger partial charge is 0.331 e. The monoisotopic (exact) mass is 214 g/mol. The molecule has 0 aliphatic heterocycles. The van der Waals surface area contributed by atoms with Crippen LogP contribution in [0.25, 0.3) is 0 Å². The summed E-state index contributed by atoms with van der Waals surface area (Å²) in [5, 5.41) is 3.63. The van der Waals surface area contributed by atoms with Crippen molar-refractivity contribution in [1.82, 2.24) is 10.1 Å². The first kappa shape index (κ1) is 11.2. The van der Waals surface area contributed by atoms with Gasteiger partial charge in [0.25, 0.3) is 11.6 Å². The Morgan fingerprint density at radius 1 is 1.67 bits per heavy atom. The van der Waals surface area contributed by atoms with Crippen LogP contribution in [0.3, 0.4) is 0 Å². The molecule has 0 saturated heterocycles. The van der Waals surface area contributed by atoms with Crippen molar-refractivity contribution in [3.63, 3.8) is 0 Å². The number of nitrogens with zero attached hydrogens (tertiary/aromatic N) is 3. The zero-order valence-corrected chi connectivity index (χ0v) is 8.76. The zero-order valence-electron chi connectivity index (χ0n) is 8.76. The Morgan fingerprint density at radius 3 is 2.80 bits per heavy atom. The number of Topliss-reactive ketones (excluding diaryl/α,β-unsaturated/α-hetero) is 1. The minimum absolute atomic E-state index is 0.193. The molecule has 0 bridgehead atoms. The number of aromatic nitrogens is 2. The van der Waals surface area contributed by atoms with E-state index in [1.807, 2.05) is 0 Å². The van der Waals surface area contributed by atoms with Crippen LogP contribution in [0.1, 0.15) is 12.6 Å². The summed E-state index contributed by atoms with van der Waals surface area (Å²) in [5.74, 6) is -1.08. The number of rotatable bonds is 4. The fourth-order valence-electron chi connectivity index (χ4n) is 1.00. The summed E-state index contributed by atoms with van der Waals surface area (Å²) in [6, 6.07) is 0. The summed E-state index contributed by atoms with van der Waals surface area (Å²) in [4.78, 5) is 29.0. The van der Waals surface area contributed by atoms with Crippen molar-refractivity contribution in [2.45, 2.75) is 13.5 Å². The lowest BCUT2D eigenvalue weighted by atomic mass is 10.3. The molecule has 0 saturated carbocycles. The Morgan fingerprint density at radius 2 is 2.33 bits per heavy atom. The van der Waals surface area contributed by atoms with Gasteiger partial charge in [0, 0.05) is 14.0 Å². The van der Waals surface area contributed by atoms with E-state index in [0.717, 1.165) is 4.90 Å². The first-order valence-corrected chi connectivity index (χ1v) is 4.23. The second-order valence-electron chi connectivity index (χ2n) is 2.98. The third kappa shape index (κ3) is 2.76. The molecule has 0 aliphatic carbocycles. The van der Waals surface area contributed by atoms with Crippen molar-refractivity contribution >= 4 is 11.7 Å². The van der Waals surface area contributed by atoms with Gasteiger partial charge in [-0.2, -0.15) is 0 Å². The molecule has 0 spiro atoms. The molecule has 0 N–H and O–H groups in total. The van der Waals surface area contributed by atoms with Crippen LogP contribution in [0, 0.1) is 0 Å². The molecule has 1 aromatic heterocycles. The fourth-order valence-corrected chi connectivity index (χ4v) is 1.00. The molecule has 1 amide bonds. The van der Waals surface area contributed by atoms with Crippen molar-refractivity contribution in [3.05, 3.63) is 11.9 Å². The van der Waals surface area contributed by atoms with Gasteiger partial charge in [-0.3, -0.25) is 9.59 Å². The van der Waals surface area contributed by atoms with Crippen LogP contribution in [0.2, 0.25) is 0 Å². The highest BCUT2D eigenvalue weighted by atomic mass is 16.8. The van der Waals surface area contributed by atoms with Gasteiger partial charge in [0.05, 0.1) is 6.54 Å². The summed E-state index contributed by atoms with van der Waals surface area (Å²) in [6.45, 7) is 1.41. The van der Waals surface area contributed by atoms with E-state index < -0.39 is 11.7 Å². The average molecular weight is 214 g/mol. The smallest absolute Gasteiger partial charge is 0.289 e. The van der Waals surface area contributed by atoms with Crippen molar-refractivity contribution < 1.29 is 24.0 Å². The molecule has 15 heavy (non-hydrogen) atoms. The lowest BCUT2D eigenvalue weighted by molar-refractivity contribution is -1.02. The molecule has 7 heteroatoms. The van der Waals surface area contributed by atoms with Gasteiger partial charge in [-0.05, 0) is 4.63 Å². The summed E-state index contributed by atoms with van der Waals surface area (Å²) >= 11 is 0. The predicted molar refractivity (Wildman–Crippen MR) is 46.4 cm³/mol. The SMILES string of the molecule is CO[n+]1cc(CN(C)C(=O)C(C)=O)no1. The molecule has 1 rings (SSSR count). The zero-order chi connectivity index (χ0) is 11.4. The molecule has 0 unspecified atom stereocenters. The van der Waals surface area contributed by atoms with Gasteiger partial charge in [-0.25, -0.2) is 0 Å². The van der Waals surface area contributed by atoms with E-state index in [4.69, 9.17) is 4.84 Å². The second kappa shape index (κ2) is 4.54. The van der Waals surface area contributed by atoms with E-state index in [0.29, 0.717) is 5.69 Å². The van der Waals surface area contributed by atoms with Crippen LogP contribution in [0.4, 0.5) is 0 Å². The highest BCUT2D eigenvalue weighted by molar-refractivity contribution is 6.34.